The van der Waals surface area contributed by atoms with Crippen LogP contribution in [0.5, 0.6) is 0 Å². The summed E-state index contributed by atoms with van der Waals surface area (Å²) in [5, 5.41) is 13.2. The Hall–Kier alpha value is -5.98. The number of rotatable bonds is 25. The molecule has 9 amide bonds. The molecule has 2 aromatic carbocycles. The van der Waals surface area contributed by atoms with E-state index < -0.39 is 90.1 Å². The molecule has 0 spiro atoms. The van der Waals surface area contributed by atoms with E-state index in [2.05, 4.69) is 26.6 Å². The maximum atomic E-state index is 14.6. The number of amides is 9. The summed E-state index contributed by atoms with van der Waals surface area (Å²) in [6.45, 7) is 3.24. The third kappa shape index (κ3) is 16.5. The van der Waals surface area contributed by atoms with Gasteiger partial charge in [0.25, 0.3) is 0 Å². The summed E-state index contributed by atoms with van der Waals surface area (Å²) in [6.07, 6.45) is 2.27. The number of nitrogens with two attached hydrogens (primary N) is 2. The number of hydrogen-bond acceptors (Lipinski definition) is 10. The minimum Gasteiger partial charge on any atom is -0.370 e. The van der Waals surface area contributed by atoms with Crippen molar-refractivity contribution in [2.45, 2.75) is 101 Å². The van der Waals surface area contributed by atoms with Gasteiger partial charge in [-0.1, -0.05) is 74.5 Å². The van der Waals surface area contributed by atoms with Gasteiger partial charge in [-0.05, 0) is 54.7 Å². The molecular weight excluding hydrogens is 819 g/mol. The van der Waals surface area contributed by atoms with Crippen molar-refractivity contribution in [1.29, 1.82) is 0 Å². The minimum absolute atomic E-state index is 0.0210. The highest BCUT2D eigenvalue weighted by atomic mass is 32.2. The first kappa shape index (κ1) is 50.4. The number of carbonyl (C=O) groups is 9. The summed E-state index contributed by atoms with van der Waals surface area (Å²) in [5.41, 5.74) is 12.3. The van der Waals surface area contributed by atoms with Gasteiger partial charge in [0, 0.05) is 39.8 Å². The van der Waals surface area contributed by atoms with Gasteiger partial charge in [0.15, 0.2) is 0 Å². The lowest BCUT2D eigenvalue weighted by molar-refractivity contribution is -0.147. The summed E-state index contributed by atoms with van der Waals surface area (Å²) in [4.78, 5) is 121. The Morgan fingerprint density at radius 1 is 0.758 bits per heavy atom. The highest BCUT2D eigenvalue weighted by Crippen LogP contribution is 2.16. The topological polar surface area (TPSA) is 272 Å². The molecule has 1 fully saturated rings. The molecule has 3 rings (SSSR count). The molecule has 6 atom stereocenters. The molecule has 0 radical (unpaired) electrons. The van der Waals surface area contributed by atoms with Crippen LogP contribution in [-0.4, -0.2) is 132 Å². The molecule has 0 bridgehead atoms. The molecule has 19 heteroatoms. The van der Waals surface area contributed by atoms with Crippen LogP contribution in [-0.2, 0) is 56.0 Å². The molecule has 2 aromatic rings. The van der Waals surface area contributed by atoms with Crippen LogP contribution in [0.4, 0.5) is 0 Å². The van der Waals surface area contributed by atoms with Crippen LogP contribution in [0, 0.1) is 5.92 Å². The Kier molecular flexibility index (Phi) is 20.4. The lowest BCUT2D eigenvalue weighted by Gasteiger charge is -2.34. The Balaban J connectivity index is 1.89. The van der Waals surface area contributed by atoms with E-state index in [1.54, 1.807) is 60.7 Å². The van der Waals surface area contributed by atoms with Crippen LogP contribution in [0.15, 0.2) is 60.7 Å². The van der Waals surface area contributed by atoms with E-state index >= 15 is 0 Å². The Labute approximate surface area is 366 Å². The highest BCUT2D eigenvalue weighted by Gasteiger charge is 2.37. The van der Waals surface area contributed by atoms with E-state index in [4.69, 9.17) is 11.5 Å². The summed E-state index contributed by atoms with van der Waals surface area (Å²) in [6, 6.07) is 11.1. The van der Waals surface area contributed by atoms with Gasteiger partial charge in [0.1, 0.15) is 36.3 Å². The smallest absolute Gasteiger partial charge is 0.245 e. The quantitative estimate of drug-likeness (QED) is 0.0674. The molecule has 1 heterocycles. The largest absolute Gasteiger partial charge is 0.370 e. The molecule has 18 nitrogen and oxygen atoms in total. The first-order valence-corrected chi connectivity index (χ1v) is 21.9. The van der Waals surface area contributed by atoms with Crippen molar-refractivity contribution >= 4 is 64.9 Å². The number of nitrogens with one attached hydrogen (secondary N) is 5. The van der Waals surface area contributed by atoms with Gasteiger partial charge >= 0.3 is 0 Å². The second-order valence-electron chi connectivity index (χ2n) is 15.8. The van der Waals surface area contributed by atoms with Crippen molar-refractivity contribution in [3.63, 3.8) is 0 Å². The summed E-state index contributed by atoms with van der Waals surface area (Å²) < 4.78 is 0. The molecule has 0 aliphatic carbocycles. The van der Waals surface area contributed by atoms with Crippen molar-refractivity contribution in [3.8, 4) is 0 Å². The number of nitrogens with zero attached hydrogens (tertiary/aromatic N) is 2. The molecule has 1 aliphatic rings. The predicted molar refractivity (Wildman–Crippen MR) is 233 cm³/mol. The fourth-order valence-electron chi connectivity index (χ4n) is 6.87. The predicted octanol–water partition coefficient (Wildman–Crippen LogP) is -0.475. The van der Waals surface area contributed by atoms with Crippen molar-refractivity contribution in [1.82, 2.24) is 36.4 Å². The average molecular weight is 880 g/mol. The fourth-order valence-corrected chi connectivity index (χ4v) is 7.34. The van der Waals surface area contributed by atoms with Crippen LogP contribution < -0.4 is 38.1 Å². The molecule has 9 N–H and O–H groups in total. The van der Waals surface area contributed by atoms with Gasteiger partial charge in [-0.15, -0.1) is 0 Å². The zero-order valence-electron chi connectivity index (χ0n) is 36.0. The lowest BCUT2D eigenvalue weighted by atomic mass is 10.00. The number of hydrogen-bond donors (Lipinski definition) is 7. The van der Waals surface area contributed by atoms with E-state index in [9.17, 15) is 43.2 Å². The van der Waals surface area contributed by atoms with Gasteiger partial charge in [0.2, 0.25) is 53.2 Å². The molecule has 1 saturated heterocycles. The Morgan fingerprint density at radius 3 is 1.87 bits per heavy atom. The SMILES string of the molecule is CSCC[C@H](NC(=O)[C@H](CC(C)C)NC(=O)CN(C)C(=O)[C@H](Cc1ccccc1)N(C)C(=O)[C@H](Cc1ccccc1)NC(=O)[C@@H](CCC(N)=O)NC(=O)[C@@H]1CCC(=O)N1)C(N)=O. The van der Waals surface area contributed by atoms with E-state index in [0.29, 0.717) is 23.3 Å². The van der Waals surface area contributed by atoms with Gasteiger partial charge in [-0.2, -0.15) is 11.8 Å². The zero-order valence-corrected chi connectivity index (χ0v) is 36.8. The van der Waals surface area contributed by atoms with Crippen molar-refractivity contribution in [3.05, 3.63) is 71.8 Å². The number of carbonyl (C=O) groups excluding carboxylic acids is 9. The van der Waals surface area contributed by atoms with Gasteiger partial charge < -0.3 is 47.9 Å². The monoisotopic (exact) mass is 879 g/mol. The molecule has 0 unspecified atom stereocenters. The van der Waals surface area contributed by atoms with Crippen molar-refractivity contribution in [2.75, 3.05) is 32.6 Å². The van der Waals surface area contributed by atoms with Crippen LogP contribution >= 0.6 is 11.8 Å². The second-order valence-corrected chi connectivity index (χ2v) is 16.8. The lowest BCUT2D eigenvalue weighted by Crippen LogP contribution is -2.59. The Bertz CT molecular complexity index is 1890. The van der Waals surface area contributed by atoms with Gasteiger partial charge in [0.05, 0.1) is 6.54 Å². The molecular formula is C43H61N9O9S. The molecule has 0 aromatic heterocycles. The average Bonchev–Trinajstić information content (AvgIpc) is 3.68. The van der Waals surface area contributed by atoms with E-state index in [1.807, 2.05) is 20.1 Å². The van der Waals surface area contributed by atoms with Crippen LogP contribution in [0.25, 0.3) is 0 Å². The maximum Gasteiger partial charge on any atom is 0.245 e. The summed E-state index contributed by atoms with van der Waals surface area (Å²) >= 11 is 1.49. The second kappa shape index (κ2) is 25.1. The normalized spacial score (nSPS) is 15.8. The van der Waals surface area contributed by atoms with Gasteiger partial charge in [-0.3, -0.25) is 43.2 Å². The third-order valence-electron chi connectivity index (χ3n) is 10.3. The number of primary amides is 2. The molecule has 1 aliphatic heterocycles. The van der Waals surface area contributed by atoms with E-state index in [0.717, 1.165) is 4.90 Å². The van der Waals surface area contributed by atoms with Crippen molar-refractivity contribution in [2.24, 2.45) is 17.4 Å². The summed E-state index contributed by atoms with van der Waals surface area (Å²) in [5.74, 6) is -5.18. The molecule has 62 heavy (non-hydrogen) atoms. The summed E-state index contributed by atoms with van der Waals surface area (Å²) in [7, 11) is 2.81. The fraction of sp³-hybridized carbons (Fsp3) is 0.512. The molecule has 0 saturated carbocycles. The number of likely N-dealkylation sites (N-methyl/N-ethyl adjacent to an activating group) is 2. The van der Waals surface area contributed by atoms with E-state index in [-0.39, 0.29) is 56.8 Å². The Morgan fingerprint density at radius 2 is 1.34 bits per heavy atom. The first-order chi connectivity index (χ1) is 29.4. The number of thioether (sulfide) groups is 1. The minimum atomic E-state index is -1.31. The van der Waals surface area contributed by atoms with E-state index in [1.165, 1.54) is 30.8 Å². The first-order valence-electron chi connectivity index (χ1n) is 20.6. The maximum absolute atomic E-state index is 14.6. The van der Waals surface area contributed by atoms with Crippen molar-refractivity contribution < 1.29 is 43.2 Å². The van der Waals surface area contributed by atoms with Gasteiger partial charge in [-0.25, -0.2) is 0 Å². The van der Waals surface area contributed by atoms with Crippen LogP contribution in [0.3, 0.4) is 0 Å². The third-order valence-corrected chi connectivity index (χ3v) is 10.9. The highest BCUT2D eigenvalue weighted by molar-refractivity contribution is 7.98. The van der Waals surface area contributed by atoms with Crippen LogP contribution in [0.2, 0.25) is 0 Å². The standard InChI is InChI=1S/C43H61N9O9S/c1-26(2)22-32(41(59)48-29(38(45)56)20-21-62-5)47-37(55)25-51(3)43(61)34(24-28-14-10-7-11-15-28)52(4)42(60)33(23-27-12-8-6-9-13-27)50-40(58)31(16-18-35(44)53)49-39(57)30-17-19-36(54)46-30/h6-15,26,29-34H,16-25H2,1-5H3,(H2,44,53)(H2,45,56)(H,46,54)(H,47,55)(H,48,59)(H,49,57)(H,50,58)/t29-,30-,31+,32-,33-,34-/m0/s1. The molecule has 338 valence electrons. The number of benzene rings is 2. The van der Waals surface area contributed by atoms with Crippen LogP contribution in [0.1, 0.15) is 63.5 Å². The zero-order chi connectivity index (χ0) is 45.9.